The maximum atomic E-state index is 13.3. The first-order chi connectivity index (χ1) is 17.2. The van der Waals surface area contributed by atoms with Gasteiger partial charge in [-0.05, 0) is 42.8 Å². The number of carbonyl (C=O) groups excluding carboxylic acids is 1. The fraction of sp³-hybridized carbons (Fsp3) is 0.321. The van der Waals surface area contributed by atoms with E-state index in [-0.39, 0.29) is 5.91 Å². The number of hydrogen-bond acceptors (Lipinski definition) is 5. The van der Waals surface area contributed by atoms with Crippen molar-refractivity contribution in [1.29, 1.82) is 0 Å². The molecule has 2 aliphatic rings. The number of para-hydroxylation sites is 1. The smallest absolute Gasteiger partial charge is 0.255 e. The highest BCUT2D eigenvalue weighted by Crippen LogP contribution is 2.28. The third kappa shape index (κ3) is 4.51. The molecule has 0 unspecified atom stereocenters. The van der Waals surface area contributed by atoms with Gasteiger partial charge in [0, 0.05) is 57.1 Å². The van der Waals surface area contributed by atoms with Crippen LogP contribution in [0.5, 0.6) is 0 Å². The topological polar surface area (TPSA) is 57.0 Å². The Morgan fingerprint density at radius 1 is 0.829 bits per heavy atom. The Morgan fingerprint density at radius 2 is 1.57 bits per heavy atom. The second-order valence-electron chi connectivity index (χ2n) is 9.53. The molecule has 4 aromatic rings. The molecular weight excluding hydrogens is 436 g/mol. The van der Waals surface area contributed by atoms with E-state index < -0.39 is 0 Å². The summed E-state index contributed by atoms with van der Waals surface area (Å²) in [6, 6.07) is 24.8. The van der Waals surface area contributed by atoms with E-state index in [0.29, 0.717) is 11.5 Å². The average molecular weight is 467 g/mol. The normalized spacial score (nSPS) is 18.9. The van der Waals surface area contributed by atoms with Gasteiger partial charge in [-0.25, -0.2) is 0 Å². The molecule has 4 heterocycles. The lowest BCUT2D eigenvalue weighted by molar-refractivity contribution is 0.0746. The van der Waals surface area contributed by atoms with Crippen LogP contribution in [0.3, 0.4) is 0 Å². The van der Waals surface area contributed by atoms with Crippen LogP contribution in [0, 0.1) is 0 Å². The summed E-state index contributed by atoms with van der Waals surface area (Å²) in [6.45, 7) is 6.07. The van der Waals surface area contributed by atoms with Crippen LogP contribution in [0.2, 0.25) is 0 Å². The zero-order valence-electron chi connectivity index (χ0n) is 19.8. The molecule has 35 heavy (non-hydrogen) atoms. The van der Waals surface area contributed by atoms with Crippen LogP contribution in [0.15, 0.2) is 79.0 Å². The molecule has 6 rings (SSSR count). The molecule has 2 aliphatic heterocycles. The van der Waals surface area contributed by atoms with Gasteiger partial charge in [-0.2, -0.15) is 0 Å². The van der Waals surface area contributed by atoms with E-state index in [4.69, 9.17) is 0 Å². The van der Waals surface area contributed by atoms with Crippen molar-refractivity contribution in [3.63, 3.8) is 0 Å². The number of carbonyl (C=O) groups is 1. The Morgan fingerprint density at radius 3 is 2.34 bits per heavy atom. The van der Waals surface area contributed by atoms with Crippen LogP contribution in [0.1, 0.15) is 34.1 Å². The standard InChI is InChI=1S/C28H30N6O/c35-28(33-17-15-32(16-18-33)25-9-5-2-6-10-25)24-11-12-26-29-30-27(34(26)21-24)23-13-14-31(20-23)19-22-7-3-1-4-8-22/h1-12,21,23H,13-20H2/t23-/m0/s1. The maximum Gasteiger partial charge on any atom is 0.255 e. The number of fused-ring (bicyclic) bond motifs is 1. The molecule has 1 atom stereocenters. The van der Waals surface area contributed by atoms with Crippen molar-refractivity contribution in [3.05, 3.63) is 95.9 Å². The first-order valence-corrected chi connectivity index (χ1v) is 12.4. The van der Waals surface area contributed by atoms with Gasteiger partial charge in [0.25, 0.3) is 5.91 Å². The molecule has 2 saturated heterocycles. The monoisotopic (exact) mass is 466 g/mol. The number of piperazine rings is 1. The Hall–Kier alpha value is -3.71. The van der Waals surface area contributed by atoms with Gasteiger partial charge in [-0.15, -0.1) is 10.2 Å². The van der Waals surface area contributed by atoms with Crippen molar-refractivity contribution in [1.82, 2.24) is 24.4 Å². The Bertz CT molecular complexity index is 1300. The maximum absolute atomic E-state index is 13.3. The fourth-order valence-corrected chi connectivity index (χ4v) is 5.33. The minimum Gasteiger partial charge on any atom is -0.368 e. The van der Waals surface area contributed by atoms with Crippen LogP contribution in [0.4, 0.5) is 5.69 Å². The van der Waals surface area contributed by atoms with E-state index in [1.807, 2.05) is 33.7 Å². The highest BCUT2D eigenvalue weighted by atomic mass is 16.2. The van der Waals surface area contributed by atoms with E-state index in [2.05, 4.69) is 74.6 Å². The van der Waals surface area contributed by atoms with Crippen molar-refractivity contribution >= 4 is 17.2 Å². The minimum atomic E-state index is 0.0800. The highest BCUT2D eigenvalue weighted by molar-refractivity contribution is 5.94. The van der Waals surface area contributed by atoms with Crippen LogP contribution in [-0.4, -0.2) is 69.6 Å². The minimum absolute atomic E-state index is 0.0800. The van der Waals surface area contributed by atoms with E-state index in [1.165, 1.54) is 11.3 Å². The predicted octanol–water partition coefficient (Wildman–Crippen LogP) is 3.68. The van der Waals surface area contributed by atoms with Crippen LogP contribution in [0.25, 0.3) is 5.65 Å². The fourth-order valence-electron chi connectivity index (χ4n) is 5.33. The Labute approximate surface area is 205 Å². The SMILES string of the molecule is O=C(c1ccc2nnc([C@H]3CCN(Cc4ccccc4)C3)n2c1)N1CCN(c2ccccc2)CC1. The lowest BCUT2D eigenvalue weighted by Crippen LogP contribution is -2.48. The zero-order valence-corrected chi connectivity index (χ0v) is 19.8. The number of anilines is 1. The number of rotatable bonds is 5. The molecule has 0 bridgehead atoms. The van der Waals surface area contributed by atoms with Crippen molar-refractivity contribution < 1.29 is 4.79 Å². The van der Waals surface area contributed by atoms with Gasteiger partial charge in [0.1, 0.15) is 5.82 Å². The molecule has 0 aliphatic carbocycles. The number of benzene rings is 2. The van der Waals surface area contributed by atoms with Gasteiger partial charge in [-0.3, -0.25) is 14.1 Å². The molecular formula is C28H30N6O. The molecule has 7 nitrogen and oxygen atoms in total. The van der Waals surface area contributed by atoms with Crippen molar-refractivity contribution in [2.75, 3.05) is 44.2 Å². The summed E-state index contributed by atoms with van der Waals surface area (Å²) in [5.41, 5.74) is 4.05. The first-order valence-electron chi connectivity index (χ1n) is 12.4. The van der Waals surface area contributed by atoms with Crippen LogP contribution in [-0.2, 0) is 6.54 Å². The molecule has 2 aromatic carbocycles. The summed E-state index contributed by atoms with van der Waals surface area (Å²) in [7, 11) is 0. The predicted molar refractivity (Wildman–Crippen MR) is 137 cm³/mol. The number of pyridine rings is 1. The lowest BCUT2D eigenvalue weighted by atomic mass is 10.1. The highest BCUT2D eigenvalue weighted by Gasteiger charge is 2.28. The number of hydrogen-bond donors (Lipinski definition) is 0. The number of nitrogens with zero attached hydrogens (tertiary/aromatic N) is 6. The van der Waals surface area contributed by atoms with E-state index >= 15 is 0 Å². The van der Waals surface area contributed by atoms with Gasteiger partial charge in [0.15, 0.2) is 5.65 Å². The quantitative estimate of drug-likeness (QED) is 0.449. The lowest BCUT2D eigenvalue weighted by Gasteiger charge is -2.36. The second-order valence-corrected chi connectivity index (χ2v) is 9.53. The summed E-state index contributed by atoms with van der Waals surface area (Å²) < 4.78 is 2.03. The van der Waals surface area contributed by atoms with E-state index in [1.54, 1.807) is 0 Å². The third-order valence-corrected chi connectivity index (χ3v) is 7.25. The first kappa shape index (κ1) is 21.8. The van der Waals surface area contributed by atoms with Crippen molar-refractivity contribution in [3.8, 4) is 0 Å². The molecule has 0 radical (unpaired) electrons. The molecule has 178 valence electrons. The van der Waals surface area contributed by atoms with Gasteiger partial charge < -0.3 is 9.80 Å². The van der Waals surface area contributed by atoms with Gasteiger partial charge in [0.2, 0.25) is 0 Å². The van der Waals surface area contributed by atoms with Crippen molar-refractivity contribution in [2.45, 2.75) is 18.9 Å². The average Bonchev–Trinajstić information content (AvgIpc) is 3.56. The van der Waals surface area contributed by atoms with E-state index in [9.17, 15) is 4.79 Å². The summed E-state index contributed by atoms with van der Waals surface area (Å²) in [4.78, 5) is 20.1. The summed E-state index contributed by atoms with van der Waals surface area (Å²) >= 11 is 0. The van der Waals surface area contributed by atoms with Crippen LogP contribution >= 0.6 is 0 Å². The number of likely N-dealkylation sites (tertiary alicyclic amines) is 1. The summed E-state index contributed by atoms with van der Waals surface area (Å²) in [5.74, 6) is 1.35. The summed E-state index contributed by atoms with van der Waals surface area (Å²) in [5, 5.41) is 8.92. The van der Waals surface area contributed by atoms with Gasteiger partial charge in [-0.1, -0.05) is 48.5 Å². The van der Waals surface area contributed by atoms with Gasteiger partial charge >= 0.3 is 0 Å². The summed E-state index contributed by atoms with van der Waals surface area (Å²) in [6.07, 6.45) is 2.99. The molecule has 7 heteroatoms. The largest absolute Gasteiger partial charge is 0.368 e. The molecule has 1 amide bonds. The Kier molecular flexibility index (Phi) is 5.92. The molecule has 2 fully saturated rings. The number of aromatic nitrogens is 3. The zero-order chi connectivity index (χ0) is 23.6. The third-order valence-electron chi connectivity index (χ3n) is 7.25. The van der Waals surface area contributed by atoms with Crippen molar-refractivity contribution in [2.24, 2.45) is 0 Å². The molecule has 0 saturated carbocycles. The molecule has 2 aromatic heterocycles. The van der Waals surface area contributed by atoms with Crippen LogP contribution < -0.4 is 4.90 Å². The molecule has 0 spiro atoms. The van der Waals surface area contributed by atoms with Gasteiger partial charge in [0.05, 0.1) is 5.56 Å². The number of amides is 1. The second kappa shape index (κ2) is 9.50. The Balaban J connectivity index is 1.14. The molecule has 0 N–H and O–H groups in total. The van der Waals surface area contributed by atoms with E-state index in [0.717, 1.165) is 63.7 Å².